The first-order valence-electron chi connectivity index (χ1n) is 6.24. The van der Waals surface area contributed by atoms with Crippen molar-refractivity contribution in [1.29, 1.82) is 0 Å². The zero-order valence-corrected chi connectivity index (χ0v) is 9.34. The van der Waals surface area contributed by atoms with Gasteiger partial charge in [0.15, 0.2) is 0 Å². The maximum absolute atomic E-state index is 5.56. The van der Waals surface area contributed by atoms with Crippen molar-refractivity contribution in [3.63, 3.8) is 0 Å². The Morgan fingerprint density at radius 3 is 2.93 bits per heavy atom. The summed E-state index contributed by atoms with van der Waals surface area (Å²) in [6.07, 6.45) is 7.32. The van der Waals surface area contributed by atoms with Crippen LogP contribution in [0.15, 0.2) is 0 Å². The molecule has 0 heterocycles. The summed E-state index contributed by atoms with van der Waals surface area (Å²) in [6.45, 7) is 4.19. The first-order chi connectivity index (χ1) is 6.81. The fourth-order valence-electron chi connectivity index (χ4n) is 3.63. The van der Waals surface area contributed by atoms with Crippen molar-refractivity contribution in [2.24, 2.45) is 23.5 Å². The summed E-state index contributed by atoms with van der Waals surface area (Å²) in [5.41, 5.74) is 5.56. The number of fused-ring (bicyclic) bond motifs is 2. The van der Waals surface area contributed by atoms with Gasteiger partial charge in [-0.25, -0.2) is 0 Å². The molecule has 0 aromatic rings. The Morgan fingerprint density at radius 2 is 2.14 bits per heavy atom. The molecule has 0 aromatic heterocycles. The minimum Gasteiger partial charge on any atom is -0.329 e. The fraction of sp³-hybridized carbons (Fsp3) is 1.00. The molecule has 0 radical (unpaired) electrons. The molecule has 2 aliphatic carbocycles. The van der Waals surface area contributed by atoms with Crippen LogP contribution >= 0.6 is 0 Å². The molecule has 2 nitrogen and oxygen atoms in total. The van der Waals surface area contributed by atoms with Crippen molar-refractivity contribution in [2.75, 3.05) is 13.1 Å². The van der Waals surface area contributed by atoms with Gasteiger partial charge in [0.1, 0.15) is 0 Å². The summed E-state index contributed by atoms with van der Waals surface area (Å²) < 4.78 is 0. The predicted octanol–water partition coefficient (Wildman–Crippen LogP) is 1.75. The van der Waals surface area contributed by atoms with Crippen LogP contribution in [-0.4, -0.2) is 19.1 Å². The van der Waals surface area contributed by atoms with Gasteiger partial charge in [0.05, 0.1) is 0 Å². The number of nitrogens with two attached hydrogens (primary N) is 1. The number of hydrogen-bond acceptors (Lipinski definition) is 2. The molecule has 4 atom stereocenters. The highest BCUT2D eigenvalue weighted by Gasteiger charge is 2.37. The summed E-state index contributed by atoms with van der Waals surface area (Å²) in [5, 5.41) is 3.65. The molecule has 0 aliphatic heterocycles. The third-order valence-electron chi connectivity index (χ3n) is 4.17. The molecule has 0 amide bonds. The molecule has 82 valence electrons. The van der Waals surface area contributed by atoms with Crippen LogP contribution in [0.2, 0.25) is 0 Å². The minimum atomic E-state index is 0.759. The van der Waals surface area contributed by atoms with E-state index in [2.05, 4.69) is 12.2 Å². The highest BCUT2D eigenvalue weighted by Crippen LogP contribution is 2.42. The molecule has 0 saturated heterocycles. The van der Waals surface area contributed by atoms with E-state index in [1.165, 1.54) is 32.1 Å². The maximum Gasteiger partial charge on any atom is 0.0122 e. The van der Waals surface area contributed by atoms with Crippen LogP contribution in [0.1, 0.15) is 39.0 Å². The van der Waals surface area contributed by atoms with Crippen LogP contribution in [0.5, 0.6) is 0 Å². The highest BCUT2D eigenvalue weighted by molar-refractivity contribution is 4.91. The molecule has 0 aromatic carbocycles. The smallest absolute Gasteiger partial charge is 0.0122 e. The van der Waals surface area contributed by atoms with Crippen LogP contribution in [0.25, 0.3) is 0 Å². The lowest BCUT2D eigenvalue weighted by molar-refractivity contribution is 0.0980. The second-order valence-electron chi connectivity index (χ2n) is 5.27. The first-order valence-corrected chi connectivity index (χ1v) is 6.24. The van der Waals surface area contributed by atoms with Crippen molar-refractivity contribution in [1.82, 2.24) is 5.32 Å². The molecule has 2 rings (SSSR count). The van der Waals surface area contributed by atoms with E-state index < -0.39 is 0 Å². The minimum absolute atomic E-state index is 0.759. The first kappa shape index (κ1) is 10.4. The van der Waals surface area contributed by atoms with Crippen molar-refractivity contribution in [3.05, 3.63) is 0 Å². The zero-order chi connectivity index (χ0) is 9.97. The van der Waals surface area contributed by atoms with Crippen molar-refractivity contribution in [2.45, 2.75) is 45.1 Å². The van der Waals surface area contributed by atoms with Gasteiger partial charge >= 0.3 is 0 Å². The second kappa shape index (κ2) is 4.63. The van der Waals surface area contributed by atoms with Gasteiger partial charge in [-0.1, -0.05) is 19.8 Å². The van der Waals surface area contributed by atoms with E-state index >= 15 is 0 Å². The SMILES string of the molecule is CC1CC2CCCC(C2)C1NCCN. The van der Waals surface area contributed by atoms with Gasteiger partial charge in [-0.15, -0.1) is 0 Å². The highest BCUT2D eigenvalue weighted by atomic mass is 14.9. The normalized spacial score (nSPS) is 42.4. The van der Waals surface area contributed by atoms with E-state index in [4.69, 9.17) is 5.73 Å². The molecule has 2 fully saturated rings. The number of rotatable bonds is 3. The third-order valence-corrected chi connectivity index (χ3v) is 4.17. The third kappa shape index (κ3) is 2.12. The zero-order valence-electron chi connectivity index (χ0n) is 9.34. The van der Waals surface area contributed by atoms with Gasteiger partial charge in [-0.05, 0) is 37.0 Å². The van der Waals surface area contributed by atoms with E-state index in [0.717, 1.165) is 36.9 Å². The molecular weight excluding hydrogens is 172 g/mol. The summed E-state index contributed by atoms with van der Waals surface area (Å²) in [5.74, 6) is 2.86. The fourth-order valence-corrected chi connectivity index (χ4v) is 3.63. The van der Waals surface area contributed by atoms with Crippen LogP contribution in [0.3, 0.4) is 0 Å². The second-order valence-corrected chi connectivity index (χ2v) is 5.27. The van der Waals surface area contributed by atoms with Crippen LogP contribution in [-0.2, 0) is 0 Å². The number of hydrogen-bond donors (Lipinski definition) is 2. The summed E-state index contributed by atoms with van der Waals surface area (Å²) in [6, 6.07) is 0.759. The standard InChI is InChI=1S/C12H24N2/c1-9-7-10-3-2-4-11(8-10)12(9)14-6-5-13/h9-12,14H,2-8,13H2,1H3. The molecule has 2 saturated carbocycles. The summed E-state index contributed by atoms with van der Waals surface area (Å²) >= 11 is 0. The van der Waals surface area contributed by atoms with Gasteiger partial charge in [0, 0.05) is 19.1 Å². The van der Waals surface area contributed by atoms with Gasteiger partial charge < -0.3 is 11.1 Å². The Hall–Kier alpha value is -0.0800. The molecule has 2 heteroatoms. The van der Waals surface area contributed by atoms with Crippen LogP contribution < -0.4 is 11.1 Å². The Morgan fingerprint density at radius 1 is 1.29 bits per heavy atom. The summed E-state index contributed by atoms with van der Waals surface area (Å²) in [4.78, 5) is 0. The molecule has 0 spiro atoms. The van der Waals surface area contributed by atoms with E-state index in [9.17, 15) is 0 Å². The lowest BCUT2D eigenvalue weighted by Gasteiger charge is -2.44. The Labute approximate surface area is 87.6 Å². The average Bonchev–Trinajstić information content (AvgIpc) is 2.17. The quantitative estimate of drug-likeness (QED) is 0.721. The monoisotopic (exact) mass is 196 g/mol. The van der Waals surface area contributed by atoms with Gasteiger partial charge in [0.25, 0.3) is 0 Å². The van der Waals surface area contributed by atoms with Crippen molar-refractivity contribution >= 4 is 0 Å². The van der Waals surface area contributed by atoms with Crippen molar-refractivity contribution in [3.8, 4) is 0 Å². The Bertz CT molecular complexity index is 179. The van der Waals surface area contributed by atoms with Crippen LogP contribution in [0.4, 0.5) is 0 Å². The molecule has 14 heavy (non-hydrogen) atoms. The Kier molecular flexibility index (Phi) is 3.45. The Balaban J connectivity index is 1.92. The van der Waals surface area contributed by atoms with Crippen LogP contribution in [0, 0.1) is 17.8 Å². The van der Waals surface area contributed by atoms with Gasteiger partial charge in [-0.3, -0.25) is 0 Å². The van der Waals surface area contributed by atoms with Crippen molar-refractivity contribution < 1.29 is 0 Å². The maximum atomic E-state index is 5.56. The van der Waals surface area contributed by atoms with Gasteiger partial charge in [-0.2, -0.15) is 0 Å². The molecular formula is C12H24N2. The lowest BCUT2D eigenvalue weighted by Crippen LogP contribution is -2.48. The number of nitrogens with one attached hydrogen (secondary N) is 1. The van der Waals surface area contributed by atoms with E-state index in [1.807, 2.05) is 0 Å². The summed E-state index contributed by atoms with van der Waals surface area (Å²) in [7, 11) is 0. The van der Waals surface area contributed by atoms with E-state index in [1.54, 1.807) is 0 Å². The average molecular weight is 196 g/mol. The van der Waals surface area contributed by atoms with Gasteiger partial charge in [0.2, 0.25) is 0 Å². The molecule has 2 aliphatic rings. The largest absolute Gasteiger partial charge is 0.329 e. The van der Waals surface area contributed by atoms with E-state index in [-0.39, 0.29) is 0 Å². The van der Waals surface area contributed by atoms with E-state index in [0.29, 0.717) is 0 Å². The lowest BCUT2D eigenvalue weighted by atomic mass is 9.66. The topological polar surface area (TPSA) is 38.0 Å². The molecule has 3 N–H and O–H groups in total. The molecule has 4 unspecified atom stereocenters. The predicted molar refractivity (Wildman–Crippen MR) is 60.1 cm³/mol. The molecule has 2 bridgehead atoms.